The van der Waals surface area contributed by atoms with Gasteiger partial charge < -0.3 is 5.11 Å². The lowest BCUT2D eigenvalue weighted by atomic mass is 9.78. The Balaban J connectivity index is 1.75. The molecule has 0 bridgehead atoms. The van der Waals surface area contributed by atoms with Crippen LogP contribution in [0.2, 0.25) is 0 Å². The Morgan fingerprint density at radius 1 is 1.27 bits per heavy atom. The van der Waals surface area contributed by atoms with E-state index in [-0.39, 0.29) is 5.92 Å². The topological polar surface area (TPSA) is 78.9 Å². The molecule has 26 heavy (non-hydrogen) atoms. The zero-order valence-electron chi connectivity index (χ0n) is 15.2. The van der Waals surface area contributed by atoms with Crippen LogP contribution < -0.4 is 0 Å². The molecule has 4 rings (SSSR count). The van der Waals surface area contributed by atoms with Crippen LogP contribution in [0.15, 0.2) is 12.1 Å². The molecule has 5 heteroatoms. The van der Waals surface area contributed by atoms with Gasteiger partial charge in [0.05, 0.1) is 34.8 Å². The van der Waals surface area contributed by atoms with Crippen LogP contribution in [0.25, 0.3) is 10.9 Å². The number of carboxylic acid groups (broad SMARTS) is 1. The lowest BCUT2D eigenvalue weighted by Gasteiger charge is -2.28. The minimum atomic E-state index is -0.674. The van der Waals surface area contributed by atoms with Gasteiger partial charge in [0.2, 0.25) is 0 Å². The number of carbonyl (C=O) groups is 1. The number of aromatic nitrogens is 2. The smallest absolute Gasteiger partial charge is 0.306 e. The van der Waals surface area contributed by atoms with Crippen molar-refractivity contribution in [2.24, 2.45) is 5.92 Å². The van der Waals surface area contributed by atoms with Crippen molar-refractivity contribution < 1.29 is 9.90 Å². The molecule has 2 aliphatic carbocycles. The van der Waals surface area contributed by atoms with Gasteiger partial charge in [-0.3, -0.25) is 9.48 Å². The number of aryl methyl sites for hydroxylation is 1. The van der Waals surface area contributed by atoms with Crippen LogP contribution in [-0.4, -0.2) is 20.9 Å². The van der Waals surface area contributed by atoms with Crippen molar-refractivity contribution in [3.05, 3.63) is 29.0 Å². The van der Waals surface area contributed by atoms with E-state index in [2.05, 4.69) is 23.7 Å². The van der Waals surface area contributed by atoms with Crippen LogP contribution in [-0.2, 0) is 11.2 Å². The van der Waals surface area contributed by atoms with Crippen molar-refractivity contribution in [1.82, 2.24) is 9.78 Å². The average Bonchev–Trinajstić information content (AvgIpc) is 2.98. The fraction of sp³-hybridized carbons (Fsp3) is 0.571. The Morgan fingerprint density at radius 2 is 2.00 bits per heavy atom. The minimum absolute atomic E-state index is 0.211. The van der Waals surface area contributed by atoms with Gasteiger partial charge in [-0.15, -0.1) is 0 Å². The molecule has 0 atom stereocenters. The second-order valence-corrected chi connectivity index (χ2v) is 7.79. The molecule has 0 saturated heterocycles. The number of rotatable bonds is 4. The maximum absolute atomic E-state index is 11.2. The largest absolute Gasteiger partial charge is 0.481 e. The molecule has 0 unspecified atom stereocenters. The van der Waals surface area contributed by atoms with Crippen molar-refractivity contribution in [3.8, 4) is 6.07 Å². The molecule has 0 aliphatic heterocycles. The zero-order valence-corrected chi connectivity index (χ0v) is 15.2. The molecule has 0 amide bonds. The first-order chi connectivity index (χ1) is 12.6. The highest BCUT2D eigenvalue weighted by Crippen LogP contribution is 2.40. The van der Waals surface area contributed by atoms with Gasteiger partial charge in [-0.05, 0) is 75.0 Å². The first kappa shape index (κ1) is 17.1. The van der Waals surface area contributed by atoms with Crippen molar-refractivity contribution in [1.29, 1.82) is 5.26 Å². The lowest BCUT2D eigenvalue weighted by Crippen LogP contribution is -2.21. The quantitative estimate of drug-likeness (QED) is 0.876. The lowest BCUT2D eigenvalue weighted by molar-refractivity contribution is -0.142. The van der Waals surface area contributed by atoms with Gasteiger partial charge in [-0.1, -0.05) is 6.92 Å². The monoisotopic (exact) mass is 351 g/mol. The third-order valence-corrected chi connectivity index (χ3v) is 6.33. The van der Waals surface area contributed by atoms with E-state index in [1.807, 2.05) is 6.07 Å². The third-order valence-electron chi connectivity index (χ3n) is 6.33. The van der Waals surface area contributed by atoms with Gasteiger partial charge in [-0.2, -0.15) is 10.4 Å². The number of fused-ring (bicyclic) bond motifs is 1. The van der Waals surface area contributed by atoms with Crippen LogP contribution in [0.5, 0.6) is 0 Å². The molecule has 2 aromatic rings. The van der Waals surface area contributed by atoms with Crippen LogP contribution in [0.4, 0.5) is 0 Å². The Kier molecular flexibility index (Phi) is 4.44. The number of hydrogen-bond donors (Lipinski definition) is 1. The van der Waals surface area contributed by atoms with Crippen molar-refractivity contribution in [2.45, 2.75) is 70.3 Å². The third kappa shape index (κ3) is 2.78. The molecule has 1 N–H and O–H groups in total. The summed E-state index contributed by atoms with van der Waals surface area (Å²) < 4.78 is 2.16. The molecule has 2 aliphatic rings. The van der Waals surface area contributed by atoms with Gasteiger partial charge in [0.1, 0.15) is 0 Å². The number of benzene rings is 1. The first-order valence-electron chi connectivity index (χ1n) is 9.80. The molecule has 136 valence electrons. The molecule has 1 aromatic heterocycles. The number of nitriles is 1. The van der Waals surface area contributed by atoms with Crippen LogP contribution >= 0.6 is 0 Å². The minimum Gasteiger partial charge on any atom is -0.481 e. The molecule has 0 spiro atoms. The Bertz CT molecular complexity index is 881. The van der Waals surface area contributed by atoms with E-state index in [9.17, 15) is 15.2 Å². The Labute approximate surface area is 153 Å². The number of carboxylic acids is 1. The summed E-state index contributed by atoms with van der Waals surface area (Å²) in [6.45, 7) is 2.09. The van der Waals surface area contributed by atoms with E-state index in [4.69, 9.17) is 5.10 Å². The van der Waals surface area contributed by atoms with Crippen LogP contribution in [0.3, 0.4) is 0 Å². The molecular weight excluding hydrogens is 326 g/mol. The molecule has 5 nitrogen and oxygen atoms in total. The van der Waals surface area contributed by atoms with E-state index in [0.29, 0.717) is 12.0 Å². The van der Waals surface area contributed by atoms with Gasteiger partial charge in [0.15, 0.2) is 0 Å². The van der Waals surface area contributed by atoms with E-state index in [1.54, 1.807) is 0 Å². The maximum atomic E-state index is 11.2. The maximum Gasteiger partial charge on any atom is 0.306 e. The predicted octanol–water partition coefficient (Wildman–Crippen LogP) is 4.55. The van der Waals surface area contributed by atoms with Gasteiger partial charge in [-0.25, -0.2) is 0 Å². The van der Waals surface area contributed by atoms with E-state index < -0.39 is 5.97 Å². The Hall–Kier alpha value is -2.35. The predicted molar refractivity (Wildman–Crippen MR) is 99.0 cm³/mol. The summed E-state index contributed by atoms with van der Waals surface area (Å²) in [4.78, 5) is 11.2. The van der Waals surface area contributed by atoms with Crippen molar-refractivity contribution >= 4 is 16.9 Å². The highest BCUT2D eigenvalue weighted by atomic mass is 16.4. The highest BCUT2D eigenvalue weighted by Gasteiger charge is 2.29. The van der Waals surface area contributed by atoms with Gasteiger partial charge in [0, 0.05) is 5.39 Å². The van der Waals surface area contributed by atoms with E-state index in [0.717, 1.165) is 67.1 Å². The molecule has 1 heterocycles. The SMILES string of the molecule is CCc1nn(C2CCC2)c2cc(C3CCC(C(=O)O)CC3)cc(C#N)c12. The summed E-state index contributed by atoms with van der Waals surface area (Å²) in [7, 11) is 0. The summed E-state index contributed by atoms with van der Waals surface area (Å²) in [5.74, 6) is -0.540. The van der Waals surface area contributed by atoms with Crippen molar-refractivity contribution in [2.75, 3.05) is 0 Å². The van der Waals surface area contributed by atoms with Gasteiger partial charge >= 0.3 is 5.97 Å². The number of aliphatic carboxylic acids is 1. The molecule has 2 fully saturated rings. The fourth-order valence-electron chi connectivity index (χ4n) is 4.52. The molecule has 1 aromatic carbocycles. The molecule has 0 radical (unpaired) electrons. The molecular formula is C21H25N3O2. The standard InChI is InChI=1S/C21H25N3O2/c1-2-18-20-16(12-22)10-15(13-6-8-14(9-7-13)21(25)26)11-19(20)24(23-18)17-4-3-5-17/h10-11,13-14,17H,2-9H2,1H3,(H,25,26). The van der Waals surface area contributed by atoms with Crippen LogP contribution in [0, 0.1) is 17.2 Å². The van der Waals surface area contributed by atoms with Gasteiger partial charge in [0.25, 0.3) is 0 Å². The zero-order chi connectivity index (χ0) is 18.3. The summed E-state index contributed by atoms with van der Waals surface area (Å²) in [6, 6.07) is 7.11. The average molecular weight is 351 g/mol. The summed E-state index contributed by atoms with van der Waals surface area (Å²) in [5.41, 5.74) is 4.02. The molecule has 2 saturated carbocycles. The van der Waals surface area contributed by atoms with Crippen molar-refractivity contribution in [3.63, 3.8) is 0 Å². The highest BCUT2D eigenvalue weighted by molar-refractivity contribution is 5.89. The van der Waals surface area contributed by atoms with Crippen LogP contribution in [0.1, 0.15) is 80.7 Å². The second kappa shape index (κ2) is 6.75. The second-order valence-electron chi connectivity index (χ2n) is 7.79. The Morgan fingerprint density at radius 3 is 2.54 bits per heavy atom. The summed E-state index contributed by atoms with van der Waals surface area (Å²) >= 11 is 0. The summed E-state index contributed by atoms with van der Waals surface area (Å²) in [6.07, 6.45) is 7.61. The normalized spacial score (nSPS) is 23.5. The van der Waals surface area contributed by atoms with E-state index in [1.165, 1.54) is 12.0 Å². The summed E-state index contributed by atoms with van der Waals surface area (Å²) in [5, 5.41) is 24.8. The van der Waals surface area contributed by atoms with E-state index >= 15 is 0 Å². The number of nitrogens with zero attached hydrogens (tertiary/aromatic N) is 3. The first-order valence-corrected chi connectivity index (χ1v) is 9.80. The number of hydrogen-bond acceptors (Lipinski definition) is 3. The fourth-order valence-corrected chi connectivity index (χ4v) is 4.52.